The first-order valence-corrected chi connectivity index (χ1v) is 16.3. The molecule has 3 aromatic rings. The number of hydrazone groups is 1. The van der Waals surface area contributed by atoms with Crippen LogP contribution in [0.2, 0.25) is 10.0 Å². The lowest BCUT2D eigenvalue weighted by atomic mass is 9.95. The van der Waals surface area contributed by atoms with Crippen LogP contribution in [0.15, 0.2) is 69.4 Å². The highest BCUT2D eigenvalue weighted by Crippen LogP contribution is 2.38. The van der Waals surface area contributed by atoms with Crippen molar-refractivity contribution in [2.24, 2.45) is 5.10 Å². The number of nitrogens with zero attached hydrogens (tertiary/aromatic N) is 1. The quantitative estimate of drug-likeness (QED) is 0.0610. The average molecular weight is 766 g/mol. The van der Waals surface area contributed by atoms with Gasteiger partial charge in [-0.15, -0.1) is 0 Å². The lowest BCUT2D eigenvalue weighted by Crippen LogP contribution is -2.45. The summed E-state index contributed by atoms with van der Waals surface area (Å²) in [5.41, 5.74) is 5.36. The molecule has 1 heterocycles. The molecular weight excluding hydrogens is 731 g/mol. The first kappa shape index (κ1) is 36.7. The number of urea groups is 1. The van der Waals surface area contributed by atoms with Crippen molar-refractivity contribution >= 4 is 57.3 Å². The number of methoxy groups -OCH3 is 1. The normalized spacial score (nSPS) is 15.0. The van der Waals surface area contributed by atoms with Gasteiger partial charge in [0, 0.05) is 5.70 Å². The predicted molar refractivity (Wildman–Crippen MR) is 185 cm³/mol. The van der Waals surface area contributed by atoms with Crippen molar-refractivity contribution in [1.29, 1.82) is 0 Å². The highest BCUT2D eigenvalue weighted by Gasteiger charge is 2.32. The van der Waals surface area contributed by atoms with Crippen LogP contribution in [0.5, 0.6) is 23.0 Å². The van der Waals surface area contributed by atoms with Crippen molar-refractivity contribution in [2.45, 2.75) is 39.6 Å². The van der Waals surface area contributed by atoms with Gasteiger partial charge in [-0.05, 0) is 89.8 Å². The summed E-state index contributed by atoms with van der Waals surface area (Å²) in [5.74, 6) is 1.12. The number of hydrogen-bond donors (Lipinski definition) is 4. The number of hydrogen-bond acceptors (Lipinski definition) is 10. The second-order valence-corrected chi connectivity index (χ2v) is 11.9. The Morgan fingerprint density at radius 2 is 1.77 bits per heavy atom. The summed E-state index contributed by atoms with van der Waals surface area (Å²) in [6.07, 6.45) is 0.334. The summed E-state index contributed by atoms with van der Waals surface area (Å²) in [4.78, 5) is 24.7. The Kier molecular flexibility index (Phi) is 13.2. The molecule has 256 valence electrons. The Morgan fingerprint density at radius 1 is 1.02 bits per heavy atom. The summed E-state index contributed by atoms with van der Waals surface area (Å²) < 4.78 is 29.0. The number of allylic oxidation sites excluding steroid dienone is 1. The molecule has 1 aliphatic rings. The van der Waals surface area contributed by atoms with Crippen LogP contribution in [0, 0.1) is 0 Å². The SMILES string of the molecule is CCOc1cc([C@@H]2NC(=O)NC(C)=C2C(=O)OC)ccc1OC[C@@H](O)N/N=C/c1cc(Br)c(OCc2ccc(Cl)c(Cl)c2)c(OCC)c1. The molecule has 0 aromatic heterocycles. The highest BCUT2D eigenvalue weighted by molar-refractivity contribution is 9.10. The Bertz CT molecular complexity index is 1700. The number of halogens is 3. The summed E-state index contributed by atoms with van der Waals surface area (Å²) in [6, 6.07) is 12.6. The Morgan fingerprint density at radius 3 is 2.48 bits per heavy atom. The van der Waals surface area contributed by atoms with Gasteiger partial charge in [-0.2, -0.15) is 5.10 Å². The van der Waals surface area contributed by atoms with Crippen molar-refractivity contribution in [3.05, 3.63) is 91.0 Å². The molecule has 48 heavy (non-hydrogen) atoms. The first-order chi connectivity index (χ1) is 23.0. The van der Waals surface area contributed by atoms with Crippen molar-refractivity contribution < 1.29 is 38.4 Å². The maximum Gasteiger partial charge on any atom is 0.337 e. The zero-order valence-electron chi connectivity index (χ0n) is 26.6. The average Bonchev–Trinajstić information content (AvgIpc) is 3.05. The minimum atomic E-state index is -1.18. The van der Waals surface area contributed by atoms with E-state index in [-0.39, 0.29) is 18.8 Å². The van der Waals surface area contributed by atoms with E-state index in [2.05, 4.69) is 37.1 Å². The molecule has 0 spiro atoms. The van der Waals surface area contributed by atoms with E-state index in [1.165, 1.54) is 13.3 Å². The largest absolute Gasteiger partial charge is 0.490 e. The minimum Gasteiger partial charge on any atom is -0.490 e. The first-order valence-electron chi connectivity index (χ1n) is 14.8. The van der Waals surface area contributed by atoms with Gasteiger partial charge in [-0.1, -0.05) is 35.3 Å². The maximum absolute atomic E-state index is 12.5. The molecule has 4 rings (SSSR count). The van der Waals surface area contributed by atoms with Crippen LogP contribution in [-0.4, -0.2) is 56.5 Å². The Labute approximate surface area is 296 Å². The van der Waals surface area contributed by atoms with Gasteiger partial charge in [-0.25, -0.2) is 9.59 Å². The van der Waals surface area contributed by atoms with Gasteiger partial charge in [0.05, 0.1) is 52.7 Å². The summed E-state index contributed by atoms with van der Waals surface area (Å²) in [5, 5.41) is 20.9. The van der Waals surface area contributed by atoms with E-state index in [1.807, 2.05) is 13.0 Å². The molecular formula is C33H35BrCl2N4O8. The molecule has 0 bridgehead atoms. The van der Waals surface area contributed by atoms with Crippen LogP contribution in [0.3, 0.4) is 0 Å². The summed E-state index contributed by atoms with van der Waals surface area (Å²) in [7, 11) is 1.27. The van der Waals surface area contributed by atoms with Gasteiger partial charge in [0.25, 0.3) is 0 Å². The van der Waals surface area contributed by atoms with E-state index in [0.29, 0.717) is 67.6 Å². The molecule has 15 heteroatoms. The molecule has 0 aliphatic carbocycles. The van der Waals surface area contributed by atoms with E-state index in [9.17, 15) is 14.7 Å². The maximum atomic E-state index is 12.5. The van der Waals surface area contributed by atoms with E-state index in [4.69, 9.17) is 46.9 Å². The van der Waals surface area contributed by atoms with Crippen LogP contribution >= 0.6 is 39.1 Å². The third-order valence-electron chi connectivity index (χ3n) is 6.81. The molecule has 0 radical (unpaired) electrons. The van der Waals surface area contributed by atoms with Gasteiger partial charge >= 0.3 is 12.0 Å². The second kappa shape index (κ2) is 17.3. The molecule has 0 fully saturated rings. The van der Waals surface area contributed by atoms with Gasteiger partial charge in [-0.3, -0.25) is 5.43 Å². The van der Waals surface area contributed by atoms with E-state index >= 15 is 0 Å². The van der Waals surface area contributed by atoms with Crippen LogP contribution < -0.4 is 35.0 Å². The number of benzene rings is 3. The zero-order valence-corrected chi connectivity index (χ0v) is 29.7. The molecule has 12 nitrogen and oxygen atoms in total. The fraction of sp³-hybridized carbons (Fsp3) is 0.303. The van der Waals surface area contributed by atoms with Crippen molar-refractivity contribution in [2.75, 3.05) is 26.9 Å². The van der Waals surface area contributed by atoms with Crippen LogP contribution in [0.4, 0.5) is 4.79 Å². The van der Waals surface area contributed by atoms with Crippen molar-refractivity contribution in [3.63, 3.8) is 0 Å². The number of amides is 2. The number of rotatable bonds is 15. The number of aliphatic hydroxyl groups is 1. The van der Waals surface area contributed by atoms with Gasteiger partial charge in [0.15, 0.2) is 29.2 Å². The van der Waals surface area contributed by atoms with E-state index < -0.39 is 24.3 Å². The number of nitrogens with one attached hydrogen (secondary N) is 3. The zero-order chi connectivity index (χ0) is 34.8. The molecule has 2 amide bonds. The molecule has 0 unspecified atom stereocenters. The standard InChI is InChI=1S/C33H35BrCl2N4O8/c1-5-45-26-14-21(30-29(32(42)44-4)18(3)38-33(43)39-30)8-10-25(26)47-17-28(41)40-37-15-20-11-22(34)31(27(13-20)46-6-2)48-16-19-7-9-23(35)24(36)12-19/h7-15,28,30,40-41H,5-6,16-17H2,1-4H3,(H2,38,39,43)/b37-15+/t28-,30+/m1/s1. The third kappa shape index (κ3) is 9.47. The molecule has 4 N–H and O–H groups in total. The number of aliphatic hydroxyl groups excluding tert-OH is 1. The number of ether oxygens (including phenoxy) is 5. The fourth-order valence-corrected chi connectivity index (χ4v) is 5.57. The van der Waals surface area contributed by atoms with E-state index in [1.54, 1.807) is 56.3 Å². The minimum absolute atomic E-state index is 0.178. The molecule has 3 aromatic carbocycles. The van der Waals surface area contributed by atoms with Gasteiger partial charge in [0.2, 0.25) is 0 Å². The highest BCUT2D eigenvalue weighted by atomic mass is 79.9. The Balaban J connectivity index is 1.40. The monoisotopic (exact) mass is 764 g/mol. The molecule has 1 aliphatic heterocycles. The van der Waals surface area contributed by atoms with Crippen molar-refractivity contribution in [1.82, 2.24) is 16.1 Å². The fourth-order valence-electron chi connectivity index (χ4n) is 4.67. The lowest BCUT2D eigenvalue weighted by Gasteiger charge is -2.28. The topological polar surface area (TPSA) is 149 Å². The van der Waals surface area contributed by atoms with Gasteiger partial charge < -0.3 is 39.4 Å². The Hall–Kier alpha value is -4.17. The van der Waals surface area contributed by atoms with Crippen molar-refractivity contribution in [3.8, 4) is 23.0 Å². The lowest BCUT2D eigenvalue weighted by molar-refractivity contribution is -0.136. The molecule has 0 saturated heterocycles. The van der Waals surface area contributed by atoms with Gasteiger partial charge in [0.1, 0.15) is 13.2 Å². The number of carbonyl (C=O) groups is 2. The summed E-state index contributed by atoms with van der Waals surface area (Å²) >= 11 is 15.7. The molecule has 0 saturated carbocycles. The number of esters is 1. The van der Waals surface area contributed by atoms with Crippen LogP contribution in [-0.2, 0) is 16.1 Å². The van der Waals surface area contributed by atoms with Crippen LogP contribution in [0.25, 0.3) is 0 Å². The third-order valence-corrected chi connectivity index (χ3v) is 8.14. The smallest absolute Gasteiger partial charge is 0.337 e. The number of carbonyl (C=O) groups excluding carboxylic acids is 2. The molecule has 2 atom stereocenters. The predicted octanol–water partition coefficient (Wildman–Crippen LogP) is 6.25. The van der Waals surface area contributed by atoms with E-state index in [0.717, 1.165) is 5.56 Å². The second-order valence-electron chi connectivity index (χ2n) is 10.2. The van der Waals surface area contributed by atoms with Crippen LogP contribution in [0.1, 0.15) is 43.5 Å². The summed E-state index contributed by atoms with van der Waals surface area (Å²) in [6.45, 7) is 6.08.